The number of rotatable bonds is 1. The van der Waals surface area contributed by atoms with Crippen molar-refractivity contribution < 1.29 is 14.0 Å². The summed E-state index contributed by atoms with van der Waals surface area (Å²) < 4.78 is 27.3. The molecule has 1 rings (SSSR count). The molecule has 0 aromatic heterocycles. The molecule has 0 saturated carbocycles. The molecule has 0 aliphatic carbocycles. The Labute approximate surface area is 92.6 Å². The minimum Gasteiger partial charge on any atom is -0.409 e. The van der Waals surface area contributed by atoms with Crippen LogP contribution < -0.4 is 5.73 Å². The second-order valence-corrected chi connectivity index (χ2v) is 4.55. The van der Waals surface area contributed by atoms with Crippen LogP contribution in [0.1, 0.15) is 31.9 Å². The van der Waals surface area contributed by atoms with Crippen molar-refractivity contribution in [2.45, 2.75) is 26.2 Å². The van der Waals surface area contributed by atoms with Gasteiger partial charge in [0, 0.05) is 11.1 Å². The van der Waals surface area contributed by atoms with E-state index in [9.17, 15) is 8.78 Å². The topological polar surface area (TPSA) is 58.6 Å². The first-order chi connectivity index (χ1) is 7.27. The fourth-order valence-corrected chi connectivity index (χ4v) is 1.50. The van der Waals surface area contributed by atoms with Gasteiger partial charge in [-0.15, -0.1) is 0 Å². The normalized spacial score (nSPS) is 12.9. The van der Waals surface area contributed by atoms with Crippen LogP contribution in [0.4, 0.5) is 8.78 Å². The highest BCUT2D eigenvalue weighted by molar-refractivity contribution is 5.97. The molecule has 0 bridgehead atoms. The van der Waals surface area contributed by atoms with Crippen molar-refractivity contribution in [3.63, 3.8) is 0 Å². The second kappa shape index (κ2) is 4.08. The Hall–Kier alpha value is -1.65. The summed E-state index contributed by atoms with van der Waals surface area (Å²) in [6.07, 6.45) is 0. The molecule has 88 valence electrons. The van der Waals surface area contributed by atoms with Crippen molar-refractivity contribution in [3.05, 3.63) is 34.9 Å². The number of amidine groups is 1. The summed E-state index contributed by atoms with van der Waals surface area (Å²) in [7, 11) is 0. The van der Waals surface area contributed by atoms with Crippen molar-refractivity contribution in [1.82, 2.24) is 0 Å². The highest BCUT2D eigenvalue weighted by Crippen LogP contribution is 2.28. The molecule has 0 atom stereocenters. The van der Waals surface area contributed by atoms with Gasteiger partial charge in [-0.2, -0.15) is 0 Å². The van der Waals surface area contributed by atoms with Gasteiger partial charge in [0.2, 0.25) is 0 Å². The quantitative estimate of drug-likeness (QED) is 0.335. The molecule has 0 saturated heterocycles. The summed E-state index contributed by atoms with van der Waals surface area (Å²) in [6, 6.07) is 2.11. The smallest absolute Gasteiger partial charge is 0.170 e. The Morgan fingerprint density at radius 3 is 2.00 bits per heavy atom. The van der Waals surface area contributed by atoms with E-state index in [0.29, 0.717) is 0 Å². The first-order valence-electron chi connectivity index (χ1n) is 4.74. The zero-order valence-electron chi connectivity index (χ0n) is 9.38. The van der Waals surface area contributed by atoms with E-state index in [0.717, 1.165) is 12.1 Å². The van der Waals surface area contributed by atoms with E-state index in [1.807, 2.05) is 0 Å². The maximum Gasteiger partial charge on any atom is 0.170 e. The Morgan fingerprint density at radius 2 is 1.69 bits per heavy atom. The lowest BCUT2D eigenvalue weighted by Crippen LogP contribution is -2.19. The van der Waals surface area contributed by atoms with Crippen LogP contribution in [0.15, 0.2) is 17.3 Å². The number of hydrogen-bond acceptors (Lipinski definition) is 2. The minimum absolute atomic E-state index is 0.0120. The molecule has 16 heavy (non-hydrogen) atoms. The van der Waals surface area contributed by atoms with E-state index >= 15 is 0 Å². The Bertz CT molecular complexity index is 413. The van der Waals surface area contributed by atoms with E-state index in [-0.39, 0.29) is 17.0 Å². The number of nitrogens with two attached hydrogens (primary N) is 1. The lowest BCUT2D eigenvalue weighted by atomic mass is 9.85. The fraction of sp³-hybridized carbons (Fsp3) is 0.364. The zero-order chi connectivity index (χ0) is 12.5. The summed E-state index contributed by atoms with van der Waals surface area (Å²) in [4.78, 5) is 0. The molecule has 0 unspecified atom stereocenters. The van der Waals surface area contributed by atoms with Crippen LogP contribution in [0.3, 0.4) is 0 Å². The molecule has 0 amide bonds. The SMILES string of the molecule is CC(C)(C)c1c(F)cc(/C(N)=N/O)cc1F. The molecule has 0 aliphatic rings. The highest BCUT2D eigenvalue weighted by Gasteiger charge is 2.24. The van der Waals surface area contributed by atoms with Gasteiger partial charge in [0.25, 0.3) is 0 Å². The summed E-state index contributed by atoms with van der Waals surface area (Å²) in [5.74, 6) is -1.72. The number of hydrogen-bond donors (Lipinski definition) is 2. The third kappa shape index (κ3) is 2.29. The molecular formula is C11H14F2N2O. The summed E-state index contributed by atoms with van der Waals surface area (Å²) in [5, 5.41) is 11.1. The predicted octanol–water partition coefficient (Wildman–Crippen LogP) is 2.36. The van der Waals surface area contributed by atoms with E-state index in [4.69, 9.17) is 10.9 Å². The molecule has 0 radical (unpaired) electrons. The van der Waals surface area contributed by atoms with Crippen molar-refractivity contribution in [2.24, 2.45) is 10.9 Å². The summed E-state index contributed by atoms with van der Waals surface area (Å²) in [5.41, 5.74) is 4.62. The van der Waals surface area contributed by atoms with Gasteiger partial charge < -0.3 is 10.9 Å². The lowest BCUT2D eigenvalue weighted by molar-refractivity contribution is 0.318. The first kappa shape index (κ1) is 12.4. The van der Waals surface area contributed by atoms with Crippen molar-refractivity contribution in [1.29, 1.82) is 0 Å². The van der Waals surface area contributed by atoms with Crippen LogP contribution >= 0.6 is 0 Å². The van der Waals surface area contributed by atoms with Crippen LogP contribution in [0.2, 0.25) is 0 Å². The summed E-state index contributed by atoms with van der Waals surface area (Å²) in [6.45, 7) is 5.12. The van der Waals surface area contributed by atoms with Crippen molar-refractivity contribution in [2.75, 3.05) is 0 Å². The first-order valence-corrected chi connectivity index (χ1v) is 4.74. The molecule has 3 nitrogen and oxygen atoms in total. The average Bonchev–Trinajstić information content (AvgIpc) is 2.13. The fourth-order valence-electron chi connectivity index (χ4n) is 1.50. The van der Waals surface area contributed by atoms with Gasteiger partial charge in [-0.1, -0.05) is 25.9 Å². The maximum atomic E-state index is 13.7. The van der Waals surface area contributed by atoms with Crippen LogP contribution in [0.5, 0.6) is 0 Å². The standard InChI is InChI=1S/C11H14F2N2O/c1-11(2,3)9-7(12)4-6(5-8(9)13)10(14)15-16/h4-5,16H,1-3H3,(H2,14,15). The molecule has 1 aromatic carbocycles. The predicted molar refractivity (Wildman–Crippen MR) is 57.6 cm³/mol. The highest BCUT2D eigenvalue weighted by atomic mass is 19.1. The number of benzene rings is 1. The zero-order valence-corrected chi connectivity index (χ0v) is 9.38. The monoisotopic (exact) mass is 228 g/mol. The van der Waals surface area contributed by atoms with Gasteiger partial charge in [0.05, 0.1) is 0 Å². The summed E-state index contributed by atoms with van der Waals surface area (Å²) >= 11 is 0. The lowest BCUT2D eigenvalue weighted by Gasteiger charge is -2.21. The third-order valence-corrected chi connectivity index (χ3v) is 2.20. The Kier molecular flexibility index (Phi) is 3.16. The van der Waals surface area contributed by atoms with Gasteiger partial charge in [0.1, 0.15) is 11.6 Å². The van der Waals surface area contributed by atoms with E-state index in [1.165, 1.54) is 0 Å². The largest absolute Gasteiger partial charge is 0.409 e. The number of nitrogens with zero attached hydrogens (tertiary/aromatic N) is 1. The minimum atomic E-state index is -0.700. The Balaban J connectivity index is 3.40. The van der Waals surface area contributed by atoms with Crippen LogP contribution in [-0.4, -0.2) is 11.0 Å². The van der Waals surface area contributed by atoms with Gasteiger partial charge in [0.15, 0.2) is 5.84 Å². The molecule has 3 N–H and O–H groups in total. The molecule has 0 heterocycles. The van der Waals surface area contributed by atoms with Crippen molar-refractivity contribution in [3.8, 4) is 0 Å². The van der Waals surface area contributed by atoms with Gasteiger partial charge in [-0.25, -0.2) is 8.78 Å². The van der Waals surface area contributed by atoms with E-state index in [2.05, 4.69) is 5.16 Å². The molecule has 1 aromatic rings. The second-order valence-electron chi connectivity index (χ2n) is 4.55. The third-order valence-electron chi connectivity index (χ3n) is 2.20. The average molecular weight is 228 g/mol. The van der Waals surface area contributed by atoms with Gasteiger partial charge in [-0.3, -0.25) is 0 Å². The number of halogens is 2. The van der Waals surface area contributed by atoms with Crippen LogP contribution in [0.25, 0.3) is 0 Å². The molecular weight excluding hydrogens is 214 g/mol. The Morgan fingerprint density at radius 1 is 1.25 bits per heavy atom. The van der Waals surface area contributed by atoms with Crippen LogP contribution in [0, 0.1) is 11.6 Å². The van der Waals surface area contributed by atoms with Crippen molar-refractivity contribution >= 4 is 5.84 Å². The maximum absolute atomic E-state index is 13.7. The molecule has 0 aliphatic heterocycles. The van der Waals surface area contributed by atoms with Gasteiger partial charge in [-0.05, 0) is 17.5 Å². The van der Waals surface area contributed by atoms with E-state index in [1.54, 1.807) is 20.8 Å². The van der Waals surface area contributed by atoms with Crippen LogP contribution in [-0.2, 0) is 5.41 Å². The molecule has 5 heteroatoms. The molecule has 0 spiro atoms. The van der Waals surface area contributed by atoms with Gasteiger partial charge >= 0.3 is 0 Å². The van der Waals surface area contributed by atoms with E-state index < -0.39 is 17.0 Å². The molecule has 0 fully saturated rings. The number of oxime groups is 1.